The Balaban J connectivity index is 1.69. The average Bonchev–Trinajstić information content (AvgIpc) is 3.22. The van der Waals surface area contributed by atoms with E-state index in [1.54, 1.807) is 0 Å². The summed E-state index contributed by atoms with van der Waals surface area (Å²) in [5, 5.41) is 3.55. The Labute approximate surface area is 120 Å². The molecule has 2 aromatic rings. The van der Waals surface area contributed by atoms with Gasteiger partial charge in [0.2, 0.25) is 0 Å². The van der Waals surface area contributed by atoms with Gasteiger partial charge in [0.15, 0.2) is 0 Å². The van der Waals surface area contributed by atoms with Gasteiger partial charge in [0, 0.05) is 12.6 Å². The highest BCUT2D eigenvalue weighted by atomic mass is 16.5. The number of hydrogen-bond donors (Lipinski definition) is 1. The lowest BCUT2D eigenvalue weighted by Gasteiger charge is -2.11. The van der Waals surface area contributed by atoms with Crippen LogP contribution in [0.5, 0.6) is 11.5 Å². The van der Waals surface area contributed by atoms with Crippen molar-refractivity contribution in [1.82, 2.24) is 5.32 Å². The van der Waals surface area contributed by atoms with Crippen molar-refractivity contribution in [1.29, 1.82) is 0 Å². The number of rotatable bonds is 5. The maximum Gasteiger partial charge on any atom is 0.127 e. The summed E-state index contributed by atoms with van der Waals surface area (Å²) in [6, 6.07) is 15.2. The van der Waals surface area contributed by atoms with Crippen molar-refractivity contribution in [2.24, 2.45) is 0 Å². The van der Waals surface area contributed by atoms with Gasteiger partial charge in [-0.2, -0.15) is 0 Å². The van der Waals surface area contributed by atoms with Crippen LogP contribution in [0.15, 0.2) is 42.5 Å². The van der Waals surface area contributed by atoms with Crippen molar-refractivity contribution in [2.45, 2.75) is 39.3 Å². The Kier molecular flexibility index (Phi) is 3.75. The predicted molar refractivity (Wildman–Crippen MR) is 82.3 cm³/mol. The van der Waals surface area contributed by atoms with Crippen molar-refractivity contribution in [3.05, 3.63) is 59.2 Å². The third kappa shape index (κ3) is 3.40. The van der Waals surface area contributed by atoms with Crippen LogP contribution in [0.3, 0.4) is 0 Å². The van der Waals surface area contributed by atoms with Crippen LogP contribution >= 0.6 is 0 Å². The van der Waals surface area contributed by atoms with E-state index in [0.717, 1.165) is 24.1 Å². The highest BCUT2D eigenvalue weighted by molar-refractivity contribution is 5.38. The molecule has 1 saturated carbocycles. The van der Waals surface area contributed by atoms with Crippen LogP contribution in [-0.4, -0.2) is 6.04 Å². The normalized spacial score (nSPS) is 14.3. The zero-order valence-corrected chi connectivity index (χ0v) is 12.1. The van der Waals surface area contributed by atoms with Crippen molar-refractivity contribution in [3.63, 3.8) is 0 Å². The first-order valence-corrected chi connectivity index (χ1v) is 7.28. The van der Waals surface area contributed by atoms with Crippen molar-refractivity contribution >= 4 is 0 Å². The Morgan fingerprint density at radius 2 is 1.85 bits per heavy atom. The molecule has 0 atom stereocenters. The number of ether oxygens (including phenoxy) is 1. The molecule has 20 heavy (non-hydrogen) atoms. The molecule has 104 valence electrons. The molecule has 2 aromatic carbocycles. The van der Waals surface area contributed by atoms with Crippen molar-refractivity contribution in [3.8, 4) is 11.5 Å². The molecule has 0 heterocycles. The highest BCUT2D eigenvalue weighted by Crippen LogP contribution is 2.25. The Hall–Kier alpha value is -1.80. The van der Waals surface area contributed by atoms with Crippen molar-refractivity contribution in [2.75, 3.05) is 0 Å². The minimum absolute atomic E-state index is 0.748. The monoisotopic (exact) mass is 267 g/mol. The Bertz CT molecular complexity index is 602. The van der Waals surface area contributed by atoms with E-state index in [4.69, 9.17) is 4.74 Å². The summed E-state index contributed by atoms with van der Waals surface area (Å²) < 4.78 is 5.91. The predicted octanol–water partition coefficient (Wildman–Crippen LogP) is 4.35. The first-order chi connectivity index (χ1) is 9.70. The number of aryl methyl sites for hydroxylation is 2. The van der Waals surface area contributed by atoms with Gasteiger partial charge in [-0.05, 0) is 67.6 Å². The molecule has 0 unspecified atom stereocenters. The number of hydrogen-bond acceptors (Lipinski definition) is 2. The van der Waals surface area contributed by atoms with E-state index in [9.17, 15) is 0 Å². The maximum absolute atomic E-state index is 5.91. The zero-order chi connectivity index (χ0) is 13.9. The first kappa shape index (κ1) is 13.2. The van der Waals surface area contributed by atoms with E-state index in [2.05, 4.69) is 49.5 Å². The van der Waals surface area contributed by atoms with E-state index in [1.165, 1.54) is 29.5 Å². The molecule has 0 bridgehead atoms. The topological polar surface area (TPSA) is 21.3 Å². The Morgan fingerprint density at radius 3 is 2.55 bits per heavy atom. The van der Waals surface area contributed by atoms with Crippen LogP contribution in [0.4, 0.5) is 0 Å². The minimum Gasteiger partial charge on any atom is -0.457 e. The summed E-state index contributed by atoms with van der Waals surface area (Å²) in [6.07, 6.45) is 2.65. The Morgan fingerprint density at radius 1 is 1.05 bits per heavy atom. The molecule has 0 radical (unpaired) electrons. The molecular weight excluding hydrogens is 246 g/mol. The average molecular weight is 267 g/mol. The van der Waals surface area contributed by atoms with E-state index in [0.29, 0.717) is 0 Å². The van der Waals surface area contributed by atoms with Crippen LogP contribution < -0.4 is 10.1 Å². The van der Waals surface area contributed by atoms with Gasteiger partial charge in [-0.3, -0.25) is 0 Å². The molecule has 2 heteroatoms. The van der Waals surface area contributed by atoms with Crippen molar-refractivity contribution < 1.29 is 4.74 Å². The van der Waals surface area contributed by atoms with E-state index >= 15 is 0 Å². The smallest absolute Gasteiger partial charge is 0.127 e. The van der Waals surface area contributed by atoms with Crippen LogP contribution in [0.25, 0.3) is 0 Å². The molecular formula is C18H21NO. The molecule has 1 aliphatic rings. The summed E-state index contributed by atoms with van der Waals surface area (Å²) in [5.74, 6) is 1.80. The van der Waals surface area contributed by atoms with Gasteiger partial charge in [-0.15, -0.1) is 0 Å². The molecule has 2 nitrogen and oxygen atoms in total. The fraction of sp³-hybridized carbons (Fsp3) is 0.333. The maximum atomic E-state index is 5.91. The minimum atomic E-state index is 0.748. The van der Waals surface area contributed by atoms with Gasteiger partial charge >= 0.3 is 0 Å². The standard InChI is InChI=1S/C18H21NO/c1-13-4-3-5-17(10-13)20-18-9-6-15(14(2)11-18)12-19-16-7-8-16/h3-6,9-11,16,19H,7-8,12H2,1-2H3. The second kappa shape index (κ2) is 5.68. The third-order valence-corrected chi connectivity index (χ3v) is 3.70. The second-order valence-corrected chi connectivity index (χ2v) is 5.66. The lowest BCUT2D eigenvalue weighted by Crippen LogP contribution is -2.15. The van der Waals surface area contributed by atoms with Gasteiger partial charge in [0.1, 0.15) is 11.5 Å². The first-order valence-electron chi connectivity index (χ1n) is 7.28. The van der Waals surface area contributed by atoms with Gasteiger partial charge in [-0.1, -0.05) is 18.2 Å². The number of benzene rings is 2. The van der Waals surface area contributed by atoms with Gasteiger partial charge in [0.25, 0.3) is 0 Å². The van der Waals surface area contributed by atoms with Crippen LogP contribution in [-0.2, 0) is 6.54 Å². The summed E-state index contributed by atoms with van der Waals surface area (Å²) in [4.78, 5) is 0. The van der Waals surface area contributed by atoms with E-state index in [1.807, 2.05) is 12.1 Å². The van der Waals surface area contributed by atoms with E-state index < -0.39 is 0 Å². The largest absolute Gasteiger partial charge is 0.457 e. The molecule has 0 spiro atoms. The summed E-state index contributed by atoms with van der Waals surface area (Å²) in [5.41, 5.74) is 3.85. The summed E-state index contributed by atoms with van der Waals surface area (Å²) in [7, 11) is 0. The van der Waals surface area contributed by atoms with E-state index in [-0.39, 0.29) is 0 Å². The van der Waals surface area contributed by atoms with Gasteiger partial charge in [0.05, 0.1) is 0 Å². The molecule has 1 N–H and O–H groups in total. The van der Waals surface area contributed by atoms with Gasteiger partial charge in [-0.25, -0.2) is 0 Å². The zero-order valence-electron chi connectivity index (χ0n) is 12.1. The number of nitrogens with one attached hydrogen (secondary N) is 1. The summed E-state index contributed by atoms with van der Waals surface area (Å²) >= 11 is 0. The molecule has 0 aliphatic heterocycles. The van der Waals surface area contributed by atoms with Crippen LogP contribution in [0, 0.1) is 13.8 Å². The highest BCUT2D eigenvalue weighted by Gasteiger charge is 2.20. The molecule has 1 aliphatic carbocycles. The fourth-order valence-corrected chi connectivity index (χ4v) is 2.29. The molecule has 3 rings (SSSR count). The molecule has 1 fully saturated rings. The fourth-order valence-electron chi connectivity index (χ4n) is 2.29. The SMILES string of the molecule is Cc1cccc(Oc2ccc(CNC3CC3)c(C)c2)c1. The lowest BCUT2D eigenvalue weighted by molar-refractivity contribution is 0.481. The second-order valence-electron chi connectivity index (χ2n) is 5.66. The summed E-state index contributed by atoms with van der Waals surface area (Å²) in [6.45, 7) is 5.18. The third-order valence-electron chi connectivity index (χ3n) is 3.70. The molecule has 0 aromatic heterocycles. The van der Waals surface area contributed by atoms with Crippen LogP contribution in [0.1, 0.15) is 29.5 Å². The lowest BCUT2D eigenvalue weighted by atomic mass is 10.1. The quantitative estimate of drug-likeness (QED) is 0.869. The van der Waals surface area contributed by atoms with Gasteiger partial charge < -0.3 is 10.1 Å². The molecule has 0 amide bonds. The van der Waals surface area contributed by atoms with Crippen LogP contribution in [0.2, 0.25) is 0 Å². The molecule has 0 saturated heterocycles.